The number of hydrogen-bond acceptors (Lipinski definition) is 4. The quantitative estimate of drug-likeness (QED) is 0.591. The monoisotopic (exact) mass is 305 g/mol. The third-order valence-corrected chi connectivity index (χ3v) is 3.85. The molecule has 6 heteroatoms. The van der Waals surface area contributed by atoms with Crippen LogP contribution in [0.1, 0.15) is 49.9 Å². The van der Waals surface area contributed by atoms with Gasteiger partial charge in [-0.1, -0.05) is 13.3 Å². The van der Waals surface area contributed by atoms with Gasteiger partial charge in [-0.15, -0.1) is 0 Å². The van der Waals surface area contributed by atoms with E-state index in [2.05, 4.69) is 12.2 Å². The van der Waals surface area contributed by atoms with Crippen LogP contribution in [0.15, 0.2) is 18.2 Å². The van der Waals surface area contributed by atoms with Gasteiger partial charge in [0.05, 0.1) is 4.92 Å². The molecule has 0 unspecified atom stereocenters. The summed E-state index contributed by atoms with van der Waals surface area (Å²) >= 11 is 0. The highest BCUT2D eigenvalue weighted by Crippen LogP contribution is 2.30. The molecule has 0 bridgehead atoms. The smallest absolute Gasteiger partial charge is 0.293 e. The number of rotatable bonds is 8. The molecule has 2 rings (SSSR count). The second-order valence-corrected chi connectivity index (χ2v) is 5.64. The second-order valence-electron chi connectivity index (χ2n) is 5.64. The molecule has 0 spiro atoms. The molecule has 0 heterocycles. The first-order valence-electron chi connectivity index (χ1n) is 7.91. The normalized spacial score (nSPS) is 13.7. The lowest BCUT2D eigenvalue weighted by atomic mass is 10.1. The van der Waals surface area contributed by atoms with Crippen LogP contribution in [0, 0.1) is 10.1 Å². The van der Waals surface area contributed by atoms with Gasteiger partial charge in [0.25, 0.3) is 11.6 Å². The Morgan fingerprint density at radius 2 is 2.14 bits per heavy atom. The third kappa shape index (κ3) is 3.96. The third-order valence-electron chi connectivity index (χ3n) is 3.85. The molecule has 1 N–H and O–H groups in total. The maximum absolute atomic E-state index is 12.0. The fourth-order valence-electron chi connectivity index (χ4n) is 2.37. The SMILES string of the molecule is CCCCN(CC)c1ccc(C(=O)NC2CC2)cc1[N+](=O)[O-]. The van der Waals surface area contributed by atoms with Gasteiger partial charge in [0.15, 0.2) is 0 Å². The standard InChI is InChI=1S/C16H23N3O3/c1-3-5-10-18(4-2)14-9-6-12(11-15(14)19(21)22)16(20)17-13-7-8-13/h6,9,11,13H,3-5,7-8,10H2,1-2H3,(H,17,20). The number of carbonyl (C=O) groups is 1. The van der Waals surface area contributed by atoms with E-state index in [9.17, 15) is 14.9 Å². The van der Waals surface area contributed by atoms with E-state index < -0.39 is 4.92 Å². The Hall–Kier alpha value is -2.11. The molecular formula is C16H23N3O3. The molecule has 1 fully saturated rings. The molecule has 1 amide bonds. The van der Waals surface area contributed by atoms with Crippen molar-refractivity contribution < 1.29 is 9.72 Å². The fourth-order valence-corrected chi connectivity index (χ4v) is 2.37. The number of hydrogen-bond donors (Lipinski definition) is 1. The van der Waals surface area contributed by atoms with Gasteiger partial charge in [0, 0.05) is 30.8 Å². The van der Waals surface area contributed by atoms with Crippen molar-refractivity contribution in [2.75, 3.05) is 18.0 Å². The van der Waals surface area contributed by atoms with E-state index in [-0.39, 0.29) is 17.6 Å². The Morgan fingerprint density at radius 3 is 2.68 bits per heavy atom. The molecular weight excluding hydrogens is 282 g/mol. The van der Waals surface area contributed by atoms with Crippen molar-refractivity contribution in [1.29, 1.82) is 0 Å². The highest BCUT2D eigenvalue weighted by molar-refractivity contribution is 5.96. The zero-order valence-electron chi connectivity index (χ0n) is 13.2. The van der Waals surface area contributed by atoms with Crippen molar-refractivity contribution in [2.24, 2.45) is 0 Å². The van der Waals surface area contributed by atoms with Gasteiger partial charge in [0.2, 0.25) is 0 Å². The maximum atomic E-state index is 12.0. The number of amides is 1. The summed E-state index contributed by atoms with van der Waals surface area (Å²) in [6, 6.07) is 5.00. The molecule has 1 aliphatic rings. The molecule has 0 aliphatic heterocycles. The lowest BCUT2D eigenvalue weighted by Gasteiger charge is -2.22. The van der Waals surface area contributed by atoms with Crippen molar-refractivity contribution in [3.05, 3.63) is 33.9 Å². The van der Waals surface area contributed by atoms with E-state index >= 15 is 0 Å². The van der Waals surface area contributed by atoms with E-state index in [1.807, 2.05) is 11.8 Å². The number of nitrogens with zero attached hydrogens (tertiary/aromatic N) is 2. The molecule has 120 valence electrons. The van der Waals surface area contributed by atoms with Crippen LogP contribution in [0.3, 0.4) is 0 Å². The number of nitro benzene ring substituents is 1. The molecule has 0 saturated heterocycles. The van der Waals surface area contributed by atoms with Crippen LogP contribution in [0.25, 0.3) is 0 Å². The number of unbranched alkanes of at least 4 members (excludes halogenated alkanes) is 1. The van der Waals surface area contributed by atoms with Crippen LogP contribution in [0.4, 0.5) is 11.4 Å². The number of nitrogens with one attached hydrogen (secondary N) is 1. The van der Waals surface area contributed by atoms with Gasteiger partial charge in [-0.25, -0.2) is 0 Å². The van der Waals surface area contributed by atoms with Gasteiger partial charge in [-0.05, 0) is 38.3 Å². The minimum atomic E-state index is -0.405. The summed E-state index contributed by atoms with van der Waals surface area (Å²) in [6.07, 6.45) is 4.00. The molecule has 0 atom stereocenters. The average molecular weight is 305 g/mol. The maximum Gasteiger partial charge on any atom is 0.293 e. The van der Waals surface area contributed by atoms with Crippen molar-refractivity contribution in [1.82, 2.24) is 5.32 Å². The average Bonchev–Trinajstić information content (AvgIpc) is 3.31. The predicted molar refractivity (Wildman–Crippen MR) is 86.4 cm³/mol. The number of anilines is 1. The lowest BCUT2D eigenvalue weighted by Crippen LogP contribution is -2.27. The van der Waals surface area contributed by atoms with E-state index in [0.717, 1.165) is 32.2 Å². The lowest BCUT2D eigenvalue weighted by molar-refractivity contribution is -0.384. The topological polar surface area (TPSA) is 75.5 Å². The van der Waals surface area contributed by atoms with Crippen molar-refractivity contribution in [2.45, 2.75) is 45.6 Å². The highest BCUT2D eigenvalue weighted by atomic mass is 16.6. The zero-order valence-corrected chi connectivity index (χ0v) is 13.2. The summed E-state index contributed by atoms with van der Waals surface area (Å²) in [6.45, 7) is 5.55. The van der Waals surface area contributed by atoms with E-state index in [4.69, 9.17) is 0 Å². The first kappa shape index (κ1) is 16.3. The van der Waals surface area contributed by atoms with E-state index in [0.29, 0.717) is 17.8 Å². The second kappa shape index (κ2) is 7.24. The Kier molecular flexibility index (Phi) is 5.35. The summed E-state index contributed by atoms with van der Waals surface area (Å²) in [5, 5.41) is 14.2. The highest BCUT2D eigenvalue weighted by Gasteiger charge is 2.26. The Labute approximate surface area is 130 Å². The summed E-state index contributed by atoms with van der Waals surface area (Å²) in [4.78, 5) is 25.0. The summed E-state index contributed by atoms with van der Waals surface area (Å²) < 4.78 is 0. The summed E-state index contributed by atoms with van der Waals surface area (Å²) in [7, 11) is 0. The number of nitro groups is 1. The molecule has 1 aromatic rings. The Morgan fingerprint density at radius 1 is 1.41 bits per heavy atom. The van der Waals surface area contributed by atoms with Crippen LogP contribution in [0.2, 0.25) is 0 Å². The zero-order chi connectivity index (χ0) is 16.1. The van der Waals surface area contributed by atoms with Crippen molar-refractivity contribution >= 4 is 17.3 Å². The van der Waals surface area contributed by atoms with Gasteiger partial charge in [-0.3, -0.25) is 14.9 Å². The fraction of sp³-hybridized carbons (Fsp3) is 0.562. The van der Waals surface area contributed by atoms with Gasteiger partial charge < -0.3 is 10.2 Å². The Balaban J connectivity index is 2.25. The number of carbonyl (C=O) groups excluding carboxylic acids is 1. The van der Waals surface area contributed by atoms with Crippen LogP contribution in [0.5, 0.6) is 0 Å². The minimum absolute atomic E-state index is 0.00130. The first-order valence-corrected chi connectivity index (χ1v) is 7.91. The molecule has 22 heavy (non-hydrogen) atoms. The minimum Gasteiger partial charge on any atom is -0.366 e. The summed E-state index contributed by atoms with van der Waals surface area (Å²) in [5.41, 5.74) is 0.944. The predicted octanol–water partition coefficient (Wildman–Crippen LogP) is 3.11. The van der Waals surface area contributed by atoms with E-state index in [1.165, 1.54) is 6.07 Å². The van der Waals surface area contributed by atoms with Crippen molar-refractivity contribution in [3.63, 3.8) is 0 Å². The molecule has 0 radical (unpaired) electrons. The van der Waals surface area contributed by atoms with Crippen LogP contribution in [-0.4, -0.2) is 30.0 Å². The summed E-state index contributed by atoms with van der Waals surface area (Å²) in [5.74, 6) is -0.228. The van der Waals surface area contributed by atoms with Gasteiger partial charge >= 0.3 is 0 Å². The van der Waals surface area contributed by atoms with Gasteiger partial charge in [-0.2, -0.15) is 0 Å². The van der Waals surface area contributed by atoms with Crippen LogP contribution in [-0.2, 0) is 0 Å². The van der Waals surface area contributed by atoms with E-state index in [1.54, 1.807) is 12.1 Å². The molecule has 1 aromatic carbocycles. The largest absolute Gasteiger partial charge is 0.366 e. The molecule has 1 aliphatic carbocycles. The van der Waals surface area contributed by atoms with Crippen molar-refractivity contribution in [3.8, 4) is 0 Å². The van der Waals surface area contributed by atoms with Crippen LogP contribution >= 0.6 is 0 Å². The number of benzene rings is 1. The first-order chi connectivity index (χ1) is 10.6. The molecule has 6 nitrogen and oxygen atoms in total. The van der Waals surface area contributed by atoms with Gasteiger partial charge in [0.1, 0.15) is 5.69 Å². The molecule has 0 aromatic heterocycles. The van der Waals surface area contributed by atoms with Crippen LogP contribution < -0.4 is 10.2 Å². The molecule has 1 saturated carbocycles. The Bertz CT molecular complexity index is 556.